The van der Waals surface area contributed by atoms with Crippen LogP contribution in [0, 0.1) is 40.9 Å². The third-order valence-corrected chi connectivity index (χ3v) is 13.4. The molecule has 6 rings (SSSR count). The Kier molecular flexibility index (Phi) is 11.9. The number of halogens is 2. The Hall–Kier alpha value is -1.98. The zero-order valence-corrected chi connectivity index (χ0v) is 33.9. The summed E-state index contributed by atoms with van der Waals surface area (Å²) in [6.07, 6.45) is 11.0. The molecule has 0 aromatic rings. The van der Waals surface area contributed by atoms with Gasteiger partial charge in [0, 0.05) is 25.2 Å². The fraction of sp³-hybridized carbons (Fsp3) is 0.714. The van der Waals surface area contributed by atoms with Gasteiger partial charge in [-0.1, -0.05) is 102 Å². The molecule has 1 saturated carbocycles. The highest BCUT2D eigenvalue weighted by Crippen LogP contribution is 2.60. The summed E-state index contributed by atoms with van der Waals surface area (Å²) < 4.78 is 32.6. The molecule has 9 nitrogen and oxygen atoms in total. The van der Waals surface area contributed by atoms with E-state index in [1.165, 1.54) is 0 Å². The minimum Gasteiger partial charge on any atom is -0.462 e. The van der Waals surface area contributed by atoms with E-state index >= 15 is 0 Å². The Bertz CT molecular complexity index is 1570. The van der Waals surface area contributed by atoms with Gasteiger partial charge in [0.1, 0.15) is 40.4 Å². The van der Waals surface area contributed by atoms with Gasteiger partial charge in [-0.05, 0) is 72.7 Å². The molecule has 0 amide bonds. The Morgan fingerprint density at radius 3 is 2.58 bits per heavy atom. The second-order valence-electron chi connectivity index (χ2n) is 17.3. The normalized spacial score (nSPS) is 45.6. The molecule has 11 heteroatoms. The van der Waals surface area contributed by atoms with Crippen molar-refractivity contribution in [1.82, 2.24) is 0 Å². The number of ether oxygens (including phenoxy) is 5. The summed E-state index contributed by atoms with van der Waals surface area (Å²) in [4.78, 5) is 28.0. The lowest BCUT2D eigenvalue weighted by Crippen LogP contribution is -2.58. The predicted octanol–water partition coefficient (Wildman–Crippen LogP) is 7.67. The molecule has 14 atom stereocenters. The molecular formula is C42H58Cl2O9. The second-order valence-corrected chi connectivity index (χ2v) is 18.3. The number of aliphatic hydroxyl groups is 2. The third kappa shape index (κ3) is 7.88. The van der Waals surface area contributed by atoms with Crippen LogP contribution in [0.2, 0.25) is 0 Å². The van der Waals surface area contributed by atoms with E-state index in [1.807, 2.05) is 33.8 Å². The highest BCUT2D eigenvalue weighted by Gasteiger charge is 2.62. The Labute approximate surface area is 324 Å². The van der Waals surface area contributed by atoms with Crippen molar-refractivity contribution in [2.75, 3.05) is 6.61 Å². The van der Waals surface area contributed by atoms with Crippen molar-refractivity contribution >= 4 is 35.1 Å². The van der Waals surface area contributed by atoms with Gasteiger partial charge < -0.3 is 33.9 Å². The molecule has 4 fully saturated rings. The fourth-order valence-electron chi connectivity index (χ4n) is 9.52. The number of carbonyl (C=O) groups is 2. The summed E-state index contributed by atoms with van der Waals surface area (Å²) >= 11 is 12.0. The van der Waals surface area contributed by atoms with E-state index in [2.05, 4.69) is 26.8 Å². The molecule has 294 valence electrons. The van der Waals surface area contributed by atoms with E-state index in [-0.39, 0.29) is 46.5 Å². The summed E-state index contributed by atoms with van der Waals surface area (Å²) in [7, 11) is 0. The van der Waals surface area contributed by atoms with Gasteiger partial charge in [0.05, 0.1) is 24.7 Å². The Balaban J connectivity index is 1.38. The molecule has 3 saturated heterocycles. The molecule has 6 aliphatic rings. The summed E-state index contributed by atoms with van der Waals surface area (Å²) in [6, 6.07) is 0. The minimum absolute atomic E-state index is 0.00957. The summed E-state index contributed by atoms with van der Waals surface area (Å²) in [5, 5.41) is 23.5. The standard InChI is InChI=1S/C42H58Cl2O9/c1-9-22(2)36-25(5)15-16-41(53-36)20-29-18-28(52-41)14-13-24(4)35(51-39(47)33-30(19-32(43)44)40(33,7)8)23(3)11-10-12-27-21-49-37-34(45)26(6)17-31(38(46)50-29)42(27,37)48/h10-13,17,19,22-23,25,28-31,33-37,45,48H,9,14-16,18,20-21H2,1-8H3/b11-10+,24-13+,27-12+/t22?,23-,25-,28+,29-,30?,31-,33?,34+,35-,36+,37+,41+,42+/m0/s1. The number of aliphatic hydroxyl groups excluding tert-OH is 1. The maximum Gasteiger partial charge on any atom is 0.316 e. The molecule has 4 aliphatic heterocycles. The number of carbonyl (C=O) groups excluding carboxylic acids is 2. The van der Waals surface area contributed by atoms with Gasteiger partial charge in [-0.15, -0.1) is 0 Å². The van der Waals surface area contributed by atoms with Gasteiger partial charge in [0.15, 0.2) is 5.79 Å². The van der Waals surface area contributed by atoms with Crippen LogP contribution in [0.1, 0.15) is 93.9 Å². The molecule has 2 bridgehead atoms. The first-order chi connectivity index (χ1) is 24.9. The van der Waals surface area contributed by atoms with Crippen LogP contribution in [0.3, 0.4) is 0 Å². The second kappa shape index (κ2) is 15.5. The van der Waals surface area contributed by atoms with E-state index < -0.39 is 53.6 Å². The third-order valence-electron chi connectivity index (χ3n) is 13.2. The Morgan fingerprint density at radius 1 is 1.15 bits per heavy atom. The number of esters is 2. The van der Waals surface area contributed by atoms with E-state index in [4.69, 9.17) is 46.9 Å². The minimum atomic E-state index is -1.83. The van der Waals surface area contributed by atoms with E-state index in [0.717, 1.165) is 18.4 Å². The zero-order valence-electron chi connectivity index (χ0n) is 32.4. The molecule has 4 heterocycles. The molecule has 3 unspecified atom stereocenters. The van der Waals surface area contributed by atoms with Crippen molar-refractivity contribution in [3.8, 4) is 0 Å². The Morgan fingerprint density at radius 2 is 1.89 bits per heavy atom. The first-order valence-corrected chi connectivity index (χ1v) is 20.2. The molecular weight excluding hydrogens is 719 g/mol. The molecule has 1 spiro atoms. The SMILES string of the molecule is CCC(C)[C@H]1O[C@]2(CC[C@@H]1C)C[C@@H]1C[C@@H](C/C=C(\C)[C@@H](OC(=O)C3C(C=C(Cl)Cl)C3(C)C)[C@@H](C)/C=C/C=C3\CO[C@@H]4[C@H](O)C(C)=C[C@@H](C(=O)O1)[C@]34O)O2. The molecule has 2 N–H and O–H groups in total. The highest BCUT2D eigenvalue weighted by atomic mass is 35.5. The van der Waals surface area contributed by atoms with Gasteiger partial charge in [-0.2, -0.15) is 0 Å². The van der Waals surface area contributed by atoms with Gasteiger partial charge in [0.2, 0.25) is 0 Å². The average molecular weight is 778 g/mol. The molecule has 0 aromatic heterocycles. The number of rotatable bonds is 5. The number of hydrogen-bond donors (Lipinski definition) is 2. The highest BCUT2D eigenvalue weighted by molar-refractivity contribution is 6.55. The molecule has 0 radical (unpaired) electrons. The lowest BCUT2D eigenvalue weighted by molar-refractivity contribution is -0.340. The number of allylic oxidation sites excluding steroid dienone is 3. The first-order valence-electron chi connectivity index (χ1n) is 19.5. The van der Waals surface area contributed by atoms with Gasteiger partial charge in [-0.25, -0.2) is 0 Å². The zero-order chi connectivity index (χ0) is 38.6. The number of fused-ring (bicyclic) bond motifs is 2. The predicted molar refractivity (Wildman–Crippen MR) is 203 cm³/mol. The van der Waals surface area contributed by atoms with E-state index in [1.54, 1.807) is 31.2 Å². The average Bonchev–Trinajstić information content (AvgIpc) is 3.45. The van der Waals surface area contributed by atoms with Crippen LogP contribution >= 0.6 is 23.2 Å². The van der Waals surface area contributed by atoms with Crippen LogP contribution < -0.4 is 0 Å². The van der Waals surface area contributed by atoms with Crippen LogP contribution in [0.5, 0.6) is 0 Å². The van der Waals surface area contributed by atoms with Crippen molar-refractivity contribution in [2.24, 2.45) is 40.9 Å². The van der Waals surface area contributed by atoms with Crippen molar-refractivity contribution in [1.29, 1.82) is 0 Å². The van der Waals surface area contributed by atoms with Crippen LogP contribution in [-0.2, 0) is 33.3 Å². The van der Waals surface area contributed by atoms with Gasteiger partial charge in [-0.3, -0.25) is 9.59 Å². The summed E-state index contributed by atoms with van der Waals surface area (Å²) in [5.41, 5.74) is -0.318. The first kappa shape index (κ1) is 40.7. The van der Waals surface area contributed by atoms with E-state index in [9.17, 15) is 19.8 Å². The van der Waals surface area contributed by atoms with Crippen LogP contribution in [0.25, 0.3) is 0 Å². The van der Waals surface area contributed by atoms with Crippen molar-refractivity contribution < 1.29 is 43.5 Å². The molecule has 0 aromatic carbocycles. The largest absolute Gasteiger partial charge is 0.462 e. The lowest BCUT2D eigenvalue weighted by Gasteiger charge is -2.51. The fourth-order valence-corrected chi connectivity index (χ4v) is 9.79. The van der Waals surface area contributed by atoms with E-state index in [0.29, 0.717) is 48.7 Å². The summed E-state index contributed by atoms with van der Waals surface area (Å²) in [5.74, 6) is -3.06. The topological polar surface area (TPSA) is 121 Å². The van der Waals surface area contributed by atoms with Crippen molar-refractivity contribution in [2.45, 2.75) is 142 Å². The van der Waals surface area contributed by atoms with Crippen LogP contribution in [0.4, 0.5) is 0 Å². The smallest absolute Gasteiger partial charge is 0.316 e. The molecule has 2 aliphatic carbocycles. The monoisotopic (exact) mass is 776 g/mol. The maximum atomic E-state index is 14.2. The lowest BCUT2D eigenvalue weighted by atomic mass is 9.71. The maximum absolute atomic E-state index is 14.2. The van der Waals surface area contributed by atoms with Crippen LogP contribution in [0.15, 0.2) is 57.7 Å². The van der Waals surface area contributed by atoms with Crippen molar-refractivity contribution in [3.63, 3.8) is 0 Å². The van der Waals surface area contributed by atoms with Crippen molar-refractivity contribution in [3.05, 3.63) is 57.7 Å². The molecule has 53 heavy (non-hydrogen) atoms. The van der Waals surface area contributed by atoms with Crippen LogP contribution in [-0.4, -0.2) is 76.8 Å². The number of hydrogen-bond acceptors (Lipinski definition) is 9. The quantitative estimate of drug-likeness (QED) is 0.214. The van der Waals surface area contributed by atoms with Gasteiger partial charge in [0.25, 0.3) is 0 Å². The summed E-state index contributed by atoms with van der Waals surface area (Å²) in [6.45, 7) is 16.3. The van der Waals surface area contributed by atoms with Gasteiger partial charge >= 0.3 is 11.9 Å².